The summed E-state index contributed by atoms with van der Waals surface area (Å²) >= 11 is 0. The maximum Gasteiger partial charge on any atom is 0.275 e. The number of hydrogen-bond donors (Lipinski definition) is 1. The number of rotatable bonds is 3. The molecular weight excluding hydrogens is 308 g/mol. The lowest BCUT2D eigenvalue weighted by atomic mass is 10.1. The molecule has 1 fully saturated rings. The molecule has 0 aliphatic carbocycles. The summed E-state index contributed by atoms with van der Waals surface area (Å²) in [7, 11) is 0. The summed E-state index contributed by atoms with van der Waals surface area (Å²) in [6, 6.07) is 8.16. The van der Waals surface area contributed by atoms with E-state index in [0.29, 0.717) is 5.69 Å². The zero-order valence-corrected chi connectivity index (χ0v) is 12.8. The third kappa shape index (κ3) is 3.24. The highest BCUT2D eigenvalue weighted by Crippen LogP contribution is 2.18. The predicted molar refractivity (Wildman–Crippen MR) is 83.6 cm³/mol. The van der Waals surface area contributed by atoms with Crippen LogP contribution < -0.4 is 15.6 Å². The van der Waals surface area contributed by atoms with Crippen molar-refractivity contribution < 1.29 is 4.74 Å². The van der Waals surface area contributed by atoms with E-state index in [4.69, 9.17) is 10.00 Å². The van der Waals surface area contributed by atoms with Crippen LogP contribution >= 0.6 is 0 Å². The van der Waals surface area contributed by atoms with E-state index < -0.39 is 5.56 Å². The van der Waals surface area contributed by atoms with Gasteiger partial charge in [0.2, 0.25) is 5.69 Å². The number of ether oxygens (including phenoxy) is 1. The van der Waals surface area contributed by atoms with Gasteiger partial charge in [-0.3, -0.25) is 4.79 Å². The van der Waals surface area contributed by atoms with Crippen molar-refractivity contribution in [3.05, 3.63) is 46.1 Å². The molecule has 8 nitrogen and oxygen atoms in total. The molecule has 1 aliphatic heterocycles. The third-order valence-electron chi connectivity index (χ3n) is 3.69. The fourth-order valence-corrected chi connectivity index (χ4v) is 2.46. The van der Waals surface area contributed by atoms with Crippen molar-refractivity contribution >= 4 is 0 Å². The van der Waals surface area contributed by atoms with Crippen LogP contribution in [-0.4, -0.2) is 34.0 Å². The number of nitrogens with zero attached hydrogens (tertiary/aromatic N) is 5. The minimum Gasteiger partial charge on any atom is -0.487 e. The highest BCUT2D eigenvalue weighted by Gasteiger charge is 2.18. The van der Waals surface area contributed by atoms with E-state index in [2.05, 4.69) is 15.4 Å². The quantitative estimate of drug-likeness (QED) is 0.874. The van der Waals surface area contributed by atoms with Gasteiger partial charge in [0, 0.05) is 0 Å². The van der Waals surface area contributed by atoms with E-state index in [1.807, 2.05) is 12.1 Å². The Labute approximate surface area is 137 Å². The summed E-state index contributed by atoms with van der Waals surface area (Å²) < 4.78 is 6.86. The Kier molecular flexibility index (Phi) is 4.50. The van der Waals surface area contributed by atoms with Gasteiger partial charge in [0.25, 0.3) is 5.56 Å². The van der Waals surface area contributed by atoms with Crippen LogP contribution in [-0.2, 0) is 0 Å². The molecule has 0 saturated carbocycles. The van der Waals surface area contributed by atoms with E-state index in [0.717, 1.165) is 30.6 Å². The Bertz CT molecular complexity index is 869. The Hall–Kier alpha value is -3.23. The summed E-state index contributed by atoms with van der Waals surface area (Å²) in [6.07, 6.45) is 2.95. The molecule has 0 spiro atoms. The van der Waals surface area contributed by atoms with Crippen molar-refractivity contribution in [1.82, 2.24) is 20.1 Å². The van der Waals surface area contributed by atoms with E-state index in [1.165, 1.54) is 18.3 Å². The molecule has 8 heteroatoms. The summed E-state index contributed by atoms with van der Waals surface area (Å²) in [5.41, 5.74) is 0.226. The lowest BCUT2D eigenvalue weighted by Gasteiger charge is -2.24. The second-order valence-corrected chi connectivity index (χ2v) is 5.30. The number of pyridine rings is 1. The Balaban J connectivity index is 1.93. The highest BCUT2D eigenvalue weighted by molar-refractivity contribution is 5.39. The van der Waals surface area contributed by atoms with E-state index in [-0.39, 0.29) is 23.2 Å². The summed E-state index contributed by atoms with van der Waals surface area (Å²) in [5, 5.41) is 25.4. The largest absolute Gasteiger partial charge is 0.487 e. The average molecular weight is 322 g/mol. The van der Waals surface area contributed by atoms with Gasteiger partial charge in [-0.05, 0) is 38.1 Å². The van der Waals surface area contributed by atoms with E-state index in [1.54, 1.807) is 6.07 Å². The van der Waals surface area contributed by atoms with Crippen molar-refractivity contribution in [3.8, 4) is 23.6 Å². The van der Waals surface area contributed by atoms with Crippen molar-refractivity contribution in [1.29, 1.82) is 10.5 Å². The van der Waals surface area contributed by atoms with E-state index >= 15 is 0 Å². The second kappa shape index (κ2) is 6.90. The van der Waals surface area contributed by atoms with Crippen molar-refractivity contribution in [2.45, 2.75) is 18.9 Å². The molecule has 0 atom stereocenters. The maximum absolute atomic E-state index is 12.3. The Morgan fingerprint density at radius 1 is 1.25 bits per heavy atom. The molecule has 0 bridgehead atoms. The fourth-order valence-electron chi connectivity index (χ4n) is 2.46. The van der Waals surface area contributed by atoms with Gasteiger partial charge in [-0.1, -0.05) is 0 Å². The zero-order valence-electron chi connectivity index (χ0n) is 12.8. The third-order valence-corrected chi connectivity index (χ3v) is 3.69. The van der Waals surface area contributed by atoms with Crippen LogP contribution in [0.1, 0.15) is 24.2 Å². The first kappa shape index (κ1) is 15.7. The van der Waals surface area contributed by atoms with Crippen LogP contribution in [0.2, 0.25) is 0 Å². The lowest BCUT2D eigenvalue weighted by molar-refractivity contribution is 0.160. The van der Waals surface area contributed by atoms with Crippen molar-refractivity contribution in [3.63, 3.8) is 0 Å². The first-order valence-corrected chi connectivity index (χ1v) is 7.49. The van der Waals surface area contributed by atoms with Crippen molar-refractivity contribution in [2.24, 2.45) is 0 Å². The molecule has 0 unspecified atom stereocenters. The first-order valence-electron chi connectivity index (χ1n) is 7.49. The smallest absolute Gasteiger partial charge is 0.275 e. The highest BCUT2D eigenvalue weighted by atomic mass is 16.5. The lowest BCUT2D eigenvalue weighted by Crippen LogP contribution is -2.34. The van der Waals surface area contributed by atoms with Gasteiger partial charge in [-0.2, -0.15) is 15.2 Å². The Morgan fingerprint density at radius 3 is 2.67 bits per heavy atom. The molecule has 120 valence electrons. The fraction of sp³-hybridized carbons (Fsp3) is 0.312. The average Bonchev–Trinajstić information content (AvgIpc) is 2.63. The SMILES string of the molecule is N#Cc1ccc(-n2nc(C#N)c(OC3CCNCC3)cc2=O)cn1. The molecule has 24 heavy (non-hydrogen) atoms. The molecule has 0 amide bonds. The van der Waals surface area contributed by atoms with Gasteiger partial charge in [-0.15, -0.1) is 5.10 Å². The molecule has 2 aromatic rings. The van der Waals surface area contributed by atoms with Gasteiger partial charge in [0.1, 0.15) is 23.9 Å². The number of hydrogen-bond acceptors (Lipinski definition) is 7. The van der Waals surface area contributed by atoms with Gasteiger partial charge in [0.05, 0.1) is 18.0 Å². The van der Waals surface area contributed by atoms with Crippen LogP contribution in [0.25, 0.3) is 5.69 Å². The first-order chi connectivity index (χ1) is 11.7. The molecule has 0 aromatic carbocycles. The van der Waals surface area contributed by atoms with Gasteiger partial charge in [0.15, 0.2) is 5.75 Å². The zero-order chi connectivity index (χ0) is 16.9. The summed E-state index contributed by atoms with van der Waals surface area (Å²) in [5.74, 6) is 0.201. The van der Waals surface area contributed by atoms with E-state index in [9.17, 15) is 10.1 Å². The molecule has 3 rings (SSSR count). The number of nitrogens with one attached hydrogen (secondary N) is 1. The minimum atomic E-state index is -0.426. The molecule has 1 aliphatic rings. The van der Waals surface area contributed by atoms with Crippen LogP contribution in [0.3, 0.4) is 0 Å². The molecule has 3 heterocycles. The van der Waals surface area contributed by atoms with Gasteiger partial charge >= 0.3 is 0 Å². The topological polar surface area (TPSA) is 117 Å². The maximum atomic E-state index is 12.3. The van der Waals surface area contributed by atoms with Crippen LogP contribution in [0.15, 0.2) is 29.2 Å². The minimum absolute atomic E-state index is 0.0352. The van der Waals surface area contributed by atoms with Crippen molar-refractivity contribution in [2.75, 3.05) is 13.1 Å². The summed E-state index contributed by atoms with van der Waals surface area (Å²) in [4.78, 5) is 16.2. The van der Waals surface area contributed by atoms with Crippen LogP contribution in [0.5, 0.6) is 5.75 Å². The molecule has 1 saturated heterocycles. The molecule has 2 aromatic heterocycles. The van der Waals surface area contributed by atoms with Crippen LogP contribution in [0.4, 0.5) is 0 Å². The molecular formula is C16H14N6O2. The standard InChI is InChI=1S/C16H14N6O2/c17-8-11-1-2-12(10-20-11)22-16(23)7-15(14(9-18)21-22)24-13-3-5-19-6-4-13/h1-2,7,10,13,19H,3-6H2. The normalized spacial score (nSPS) is 14.6. The Morgan fingerprint density at radius 2 is 2.04 bits per heavy atom. The second-order valence-electron chi connectivity index (χ2n) is 5.30. The molecule has 1 N–H and O–H groups in total. The van der Waals surface area contributed by atoms with Gasteiger partial charge < -0.3 is 10.1 Å². The number of piperidine rings is 1. The summed E-state index contributed by atoms with van der Waals surface area (Å²) in [6.45, 7) is 1.68. The van der Waals surface area contributed by atoms with Crippen LogP contribution in [0, 0.1) is 22.7 Å². The number of nitriles is 2. The number of aromatic nitrogens is 3. The molecule has 0 radical (unpaired) electrons. The predicted octanol–water partition coefficient (Wildman–Crippen LogP) is 0.502. The van der Waals surface area contributed by atoms with Gasteiger partial charge in [-0.25, -0.2) is 4.98 Å². The monoisotopic (exact) mass is 322 g/mol.